The normalized spacial score (nSPS) is 29.8. The molecule has 2 N–H and O–H groups in total. The van der Waals surface area contributed by atoms with Crippen molar-refractivity contribution < 1.29 is 13.2 Å². The van der Waals surface area contributed by atoms with Gasteiger partial charge in [0.1, 0.15) is 6.04 Å². The van der Waals surface area contributed by atoms with E-state index in [0.717, 1.165) is 0 Å². The van der Waals surface area contributed by atoms with E-state index in [1.807, 2.05) is 25.9 Å². The number of likely N-dealkylation sites (N-methyl/N-ethyl adjacent to an activating group) is 1. The third-order valence-corrected chi connectivity index (χ3v) is 3.87. The molecule has 0 aromatic heterocycles. The molecule has 0 amide bonds. The van der Waals surface area contributed by atoms with Gasteiger partial charge in [0.2, 0.25) is 0 Å². The van der Waals surface area contributed by atoms with E-state index in [1.54, 1.807) is 6.92 Å². The molecule has 1 rings (SSSR count). The summed E-state index contributed by atoms with van der Waals surface area (Å²) in [5.74, 6) is 0.230. The van der Waals surface area contributed by atoms with E-state index in [4.69, 9.17) is 5.73 Å². The monoisotopic (exact) mass is 267 g/mol. The minimum absolute atomic E-state index is 0.166. The topological polar surface area (TPSA) is 32.5 Å². The standard InChI is InChI=1S/C12H24F3N3/c1-5-9(16)11(12(13,14)15)18-6-8(2)10(7-18)17(3)4/h8-11H,5-7,16H2,1-4H3. The van der Waals surface area contributed by atoms with Crippen LogP contribution in [0.1, 0.15) is 20.3 Å². The van der Waals surface area contributed by atoms with Gasteiger partial charge in [0.25, 0.3) is 0 Å². The first-order valence-corrected chi connectivity index (χ1v) is 6.41. The predicted octanol–water partition coefficient (Wildman–Crippen LogP) is 1.54. The van der Waals surface area contributed by atoms with Gasteiger partial charge in [0.05, 0.1) is 0 Å². The molecule has 6 heteroatoms. The maximum absolute atomic E-state index is 13.1. The summed E-state index contributed by atoms with van der Waals surface area (Å²) >= 11 is 0. The van der Waals surface area contributed by atoms with Crippen molar-refractivity contribution in [3.63, 3.8) is 0 Å². The Balaban J connectivity index is 2.83. The zero-order valence-corrected chi connectivity index (χ0v) is 11.5. The van der Waals surface area contributed by atoms with Crippen molar-refractivity contribution in [3.05, 3.63) is 0 Å². The molecule has 4 atom stereocenters. The van der Waals surface area contributed by atoms with Crippen molar-refractivity contribution in [3.8, 4) is 0 Å². The number of hydrogen-bond donors (Lipinski definition) is 1. The Bertz CT molecular complexity index is 268. The van der Waals surface area contributed by atoms with E-state index in [2.05, 4.69) is 0 Å². The second-order valence-corrected chi connectivity index (χ2v) is 5.52. The van der Waals surface area contributed by atoms with E-state index in [1.165, 1.54) is 4.90 Å². The smallest absolute Gasteiger partial charge is 0.326 e. The molecule has 0 aliphatic carbocycles. The fourth-order valence-corrected chi connectivity index (χ4v) is 2.83. The van der Waals surface area contributed by atoms with Crippen molar-refractivity contribution in [2.45, 2.75) is 44.6 Å². The SMILES string of the molecule is CCC(N)C(N1CC(C)C(N(C)C)C1)C(F)(F)F. The quantitative estimate of drug-likeness (QED) is 0.838. The summed E-state index contributed by atoms with van der Waals surface area (Å²) in [6.45, 7) is 4.59. The molecule has 108 valence electrons. The molecule has 0 spiro atoms. The van der Waals surface area contributed by atoms with Crippen LogP contribution in [0.15, 0.2) is 0 Å². The lowest BCUT2D eigenvalue weighted by Crippen LogP contribution is -2.55. The van der Waals surface area contributed by atoms with Crippen LogP contribution in [0.2, 0.25) is 0 Å². The van der Waals surface area contributed by atoms with E-state index in [-0.39, 0.29) is 12.0 Å². The van der Waals surface area contributed by atoms with Gasteiger partial charge in [0.15, 0.2) is 0 Å². The van der Waals surface area contributed by atoms with Crippen molar-refractivity contribution >= 4 is 0 Å². The van der Waals surface area contributed by atoms with Gasteiger partial charge in [-0.1, -0.05) is 13.8 Å². The third-order valence-electron chi connectivity index (χ3n) is 3.87. The van der Waals surface area contributed by atoms with Crippen LogP contribution in [0, 0.1) is 5.92 Å². The maximum atomic E-state index is 13.1. The summed E-state index contributed by atoms with van der Waals surface area (Å²) in [7, 11) is 3.82. The van der Waals surface area contributed by atoms with Gasteiger partial charge < -0.3 is 10.6 Å². The van der Waals surface area contributed by atoms with Crippen LogP contribution in [0.3, 0.4) is 0 Å². The van der Waals surface area contributed by atoms with Crippen LogP contribution in [0.25, 0.3) is 0 Å². The summed E-state index contributed by atoms with van der Waals surface area (Å²) < 4.78 is 39.4. The summed E-state index contributed by atoms with van der Waals surface area (Å²) in [5.41, 5.74) is 5.67. The zero-order valence-electron chi connectivity index (χ0n) is 11.5. The Hall–Kier alpha value is -0.330. The van der Waals surface area contributed by atoms with E-state index >= 15 is 0 Å². The number of nitrogens with two attached hydrogens (primary N) is 1. The first-order valence-electron chi connectivity index (χ1n) is 6.41. The molecular weight excluding hydrogens is 243 g/mol. The molecule has 18 heavy (non-hydrogen) atoms. The summed E-state index contributed by atoms with van der Waals surface area (Å²) in [4.78, 5) is 3.50. The highest BCUT2D eigenvalue weighted by Crippen LogP contribution is 2.32. The Kier molecular flexibility index (Phi) is 5.03. The molecule has 1 saturated heterocycles. The fraction of sp³-hybridized carbons (Fsp3) is 1.00. The maximum Gasteiger partial charge on any atom is 0.405 e. The molecule has 0 aromatic carbocycles. The molecule has 1 aliphatic rings. The van der Waals surface area contributed by atoms with Gasteiger partial charge in [-0.15, -0.1) is 0 Å². The van der Waals surface area contributed by atoms with Crippen molar-refractivity contribution in [2.75, 3.05) is 27.2 Å². The molecule has 0 bridgehead atoms. The average Bonchev–Trinajstić information content (AvgIpc) is 2.57. The van der Waals surface area contributed by atoms with Crippen molar-refractivity contribution in [1.82, 2.24) is 9.80 Å². The molecule has 0 saturated carbocycles. The molecule has 3 nitrogen and oxygen atoms in total. The summed E-state index contributed by atoms with van der Waals surface area (Å²) in [6, 6.07) is -2.20. The molecule has 4 unspecified atom stereocenters. The minimum Gasteiger partial charge on any atom is -0.326 e. The Morgan fingerprint density at radius 3 is 2.22 bits per heavy atom. The first-order chi connectivity index (χ1) is 8.18. The molecule has 0 aromatic rings. The summed E-state index contributed by atoms with van der Waals surface area (Å²) in [6.07, 6.45) is -3.92. The number of halogens is 3. The lowest BCUT2D eigenvalue weighted by molar-refractivity contribution is -0.187. The van der Waals surface area contributed by atoms with Crippen LogP contribution < -0.4 is 5.73 Å². The van der Waals surface area contributed by atoms with Crippen molar-refractivity contribution in [1.29, 1.82) is 0 Å². The van der Waals surface area contributed by atoms with Crippen LogP contribution in [-0.4, -0.2) is 61.3 Å². The molecular formula is C12H24F3N3. The highest BCUT2D eigenvalue weighted by Gasteiger charge is 2.49. The molecule has 0 radical (unpaired) electrons. The van der Waals surface area contributed by atoms with Crippen LogP contribution >= 0.6 is 0 Å². The van der Waals surface area contributed by atoms with E-state index < -0.39 is 18.3 Å². The fourth-order valence-electron chi connectivity index (χ4n) is 2.83. The molecule has 1 heterocycles. The van der Waals surface area contributed by atoms with E-state index in [9.17, 15) is 13.2 Å². The largest absolute Gasteiger partial charge is 0.405 e. The van der Waals surface area contributed by atoms with Gasteiger partial charge in [-0.2, -0.15) is 13.2 Å². The molecule has 1 aliphatic heterocycles. The Labute approximate surface area is 107 Å². The first kappa shape index (κ1) is 15.7. The Morgan fingerprint density at radius 1 is 1.33 bits per heavy atom. The highest BCUT2D eigenvalue weighted by atomic mass is 19.4. The van der Waals surface area contributed by atoms with Gasteiger partial charge in [-0.05, 0) is 26.4 Å². The lowest BCUT2D eigenvalue weighted by Gasteiger charge is -2.34. The third kappa shape index (κ3) is 3.36. The van der Waals surface area contributed by atoms with Crippen molar-refractivity contribution in [2.24, 2.45) is 11.7 Å². The number of nitrogens with zero attached hydrogens (tertiary/aromatic N) is 2. The predicted molar refractivity (Wildman–Crippen MR) is 66.3 cm³/mol. The lowest BCUT2D eigenvalue weighted by atomic mass is 10.0. The van der Waals surface area contributed by atoms with Gasteiger partial charge >= 0.3 is 6.18 Å². The number of rotatable bonds is 4. The van der Waals surface area contributed by atoms with Crippen LogP contribution in [0.5, 0.6) is 0 Å². The van der Waals surface area contributed by atoms with Gasteiger partial charge in [0, 0.05) is 25.2 Å². The van der Waals surface area contributed by atoms with E-state index in [0.29, 0.717) is 19.5 Å². The number of likely N-dealkylation sites (tertiary alicyclic amines) is 1. The van der Waals surface area contributed by atoms with Gasteiger partial charge in [-0.25, -0.2) is 0 Å². The second-order valence-electron chi connectivity index (χ2n) is 5.52. The average molecular weight is 267 g/mol. The zero-order chi connectivity index (χ0) is 14.1. The van der Waals surface area contributed by atoms with Crippen LogP contribution in [-0.2, 0) is 0 Å². The number of alkyl halides is 3. The molecule has 1 fully saturated rings. The highest BCUT2D eigenvalue weighted by molar-refractivity contribution is 4.95. The summed E-state index contributed by atoms with van der Waals surface area (Å²) in [5, 5.41) is 0. The minimum atomic E-state index is -4.25. The van der Waals surface area contributed by atoms with Gasteiger partial charge in [-0.3, -0.25) is 4.90 Å². The second kappa shape index (κ2) is 5.75. The van der Waals surface area contributed by atoms with Crippen LogP contribution in [0.4, 0.5) is 13.2 Å². The Morgan fingerprint density at radius 2 is 1.89 bits per heavy atom. The number of hydrogen-bond acceptors (Lipinski definition) is 3.